The van der Waals surface area contributed by atoms with Crippen molar-refractivity contribution in [2.24, 2.45) is 0 Å². The highest BCUT2D eigenvalue weighted by molar-refractivity contribution is 5.76. The van der Waals surface area contributed by atoms with Crippen LogP contribution in [-0.4, -0.2) is 80.1 Å². The molecule has 142 valence electrons. The Labute approximate surface area is 157 Å². The van der Waals surface area contributed by atoms with Crippen LogP contribution in [0.25, 0.3) is 6.08 Å². The molecule has 3 rings (SSSR count). The number of rotatable bonds is 4. The van der Waals surface area contributed by atoms with Gasteiger partial charge in [-0.2, -0.15) is 0 Å². The number of hydrogen-bond acceptors (Lipinski definition) is 4. The maximum Gasteiger partial charge on any atom is 0.222 e. The second-order valence-corrected chi connectivity index (χ2v) is 7.62. The molecule has 0 bridgehead atoms. The van der Waals surface area contributed by atoms with E-state index in [0.717, 1.165) is 51.3 Å². The van der Waals surface area contributed by atoms with Gasteiger partial charge < -0.3 is 9.64 Å². The van der Waals surface area contributed by atoms with Crippen molar-refractivity contribution >= 4 is 12.0 Å². The summed E-state index contributed by atoms with van der Waals surface area (Å²) in [5.74, 6) is 1.17. The summed E-state index contributed by atoms with van der Waals surface area (Å²) in [4.78, 5) is 19.0. The van der Waals surface area contributed by atoms with Crippen molar-refractivity contribution in [1.29, 1.82) is 0 Å². The third kappa shape index (κ3) is 4.27. The fourth-order valence-electron chi connectivity index (χ4n) is 4.05. The van der Waals surface area contributed by atoms with Crippen molar-refractivity contribution < 1.29 is 9.53 Å². The Hall–Kier alpha value is -1.85. The molecule has 2 aliphatic heterocycles. The summed E-state index contributed by atoms with van der Waals surface area (Å²) in [6.07, 6.45) is 7.11. The second-order valence-electron chi connectivity index (χ2n) is 7.62. The quantitative estimate of drug-likeness (QED) is 0.829. The molecule has 5 nitrogen and oxygen atoms in total. The lowest BCUT2D eigenvalue weighted by Crippen LogP contribution is -2.61. The van der Waals surface area contributed by atoms with Crippen molar-refractivity contribution in [3.05, 3.63) is 35.9 Å². The molecule has 2 heterocycles. The van der Waals surface area contributed by atoms with E-state index in [1.54, 1.807) is 7.11 Å². The Morgan fingerprint density at radius 1 is 1.12 bits per heavy atom. The molecular weight excluding hydrogens is 326 g/mol. The Bertz CT molecular complexity index is 643. The van der Waals surface area contributed by atoms with Gasteiger partial charge in [0.25, 0.3) is 0 Å². The Kier molecular flexibility index (Phi) is 5.99. The molecule has 0 N–H and O–H groups in total. The molecule has 2 fully saturated rings. The van der Waals surface area contributed by atoms with Gasteiger partial charge in [0.15, 0.2) is 0 Å². The van der Waals surface area contributed by atoms with Crippen LogP contribution in [0.3, 0.4) is 0 Å². The van der Waals surface area contributed by atoms with Crippen LogP contribution >= 0.6 is 0 Å². The number of carbonyl (C=O) groups excluding carboxylic acids is 1. The zero-order chi connectivity index (χ0) is 18.6. The molecule has 26 heavy (non-hydrogen) atoms. The summed E-state index contributed by atoms with van der Waals surface area (Å²) in [6.45, 7) is 4.99. The maximum atomic E-state index is 12.1. The maximum absolute atomic E-state index is 12.1. The van der Waals surface area contributed by atoms with E-state index in [9.17, 15) is 4.79 Å². The summed E-state index contributed by atoms with van der Waals surface area (Å²) < 4.78 is 5.20. The van der Waals surface area contributed by atoms with Gasteiger partial charge in [-0.3, -0.25) is 14.6 Å². The number of methoxy groups -OCH3 is 1. The number of hydrogen-bond donors (Lipinski definition) is 0. The minimum atomic E-state index is 0.132. The van der Waals surface area contributed by atoms with E-state index in [2.05, 4.69) is 41.1 Å². The van der Waals surface area contributed by atoms with E-state index in [1.165, 1.54) is 5.56 Å². The smallest absolute Gasteiger partial charge is 0.222 e. The first-order valence-corrected chi connectivity index (χ1v) is 9.51. The van der Waals surface area contributed by atoms with Gasteiger partial charge in [0.1, 0.15) is 5.75 Å². The van der Waals surface area contributed by atoms with E-state index in [0.29, 0.717) is 6.42 Å². The van der Waals surface area contributed by atoms with Crippen LogP contribution in [0.4, 0.5) is 0 Å². The molecular formula is C21H31N3O2. The van der Waals surface area contributed by atoms with Crippen LogP contribution in [-0.2, 0) is 4.79 Å². The number of benzene rings is 1. The molecule has 1 aromatic carbocycles. The van der Waals surface area contributed by atoms with E-state index in [4.69, 9.17) is 4.74 Å². The van der Waals surface area contributed by atoms with Gasteiger partial charge in [0.05, 0.1) is 7.11 Å². The SMILES string of the molecule is COc1ccc(C=CCN2CCN(C)C3(CCC(=O)N(C)CC3)C2)cc1. The van der Waals surface area contributed by atoms with Crippen LogP contribution in [0.15, 0.2) is 30.3 Å². The van der Waals surface area contributed by atoms with Gasteiger partial charge in [-0.15, -0.1) is 0 Å². The standard InChI is InChI=1S/C21H31N3O2/c1-22-14-12-21(11-10-20(22)25)17-24(16-15-23(21)2)13-4-5-18-6-8-19(26-3)9-7-18/h4-9H,10-17H2,1-3H3. The highest BCUT2D eigenvalue weighted by atomic mass is 16.5. The van der Waals surface area contributed by atoms with Gasteiger partial charge in [-0.25, -0.2) is 0 Å². The normalized spacial score (nSPS) is 25.8. The first kappa shape index (κ1) is 18.9. The number of carbonyl (C=O) groups is 1. The van der Waals surface area contributed by atoms with Crippen LogP contribution in [0.2, 0.25) is 0 Å². The number of likely N-dealkylation sites (tertiary alicyclic amines) is 1. The number of amides is 1. The van der Waals surface area contributed by atoms with Crippen LogP contribution < -0.4 is 4.74 Å². The molecule has 0 saturated carbocycles. The average molecular weight is 357 g/mol. The van der Waals surface area contributed by atoms with Gasteiger partial charge in [-0.1, -0.05) is 24.3 Å². The molecule has 0 aromatic heterocycles. The average Bonchev–Trinajstić information content (AvgIpc) is 2.80. The Morgan fingerprint density at radius 2 is 1.88 bits per heavy atom. The summed E-state index contributed by atoms with van der Waals surface area (Å²) in [6, 6.07) is 8.13. The number of ether oxygens (including phenoxy) is 1. The first-order valence-electron chi connectivity index (χ1n) is 9.51. The first-order chi connectivity index (χ1) is 12.5. The van der Waals surface area contributed by atoms with E-state index in [1.807, 2.05) is 24.1 Å². The second kappa shape index (κ2) is 8.23. The topological polar surface area (TPSA) is 36.0 Å². The van der Waals surface area contributed by atoms with Crippen LogP contribution in [0.5, 0.6) is 5.75 Å². The fraction of sp³-hybridized carbons (Fsp3) is 0.571. The fourth-order valence-corrected chi connectivity index (χ4v) is 4.05. The predicted molar refractivity (Wildman–Crippen MR) is 105 cm³/mol. The lowest BCUT2D eigenvalue weighted by atomic mass is 9.86. The monoisotopic (exact) mass is 357 g/mol. The van der Waals surface area contributed by atoms with E-state index < -0.39 is 0 Å². The molecule has 1 atom stereocenters. The summed E-state index contributed by atoms with van der Waals surface area (Å²) >= 11 is 0. The van der Waals surface area contributed by atoms with E-state index in [-0.39, 0.29) is 11.4 Å². The van der Waals surface area contributed by atoms with Crippen molar-refractivity contribution in [3.8, 4) is 5.75 Å². The lowest BCUT2D eigenvalue weighted by molar-refractivity contribution is -0.129. The van der Waals surface area contributed by atoms with Crippen LogP contribution in [0.1, 0.15) is 24.8 Å². The molecule has 2 saturated heterocycles. The molecule has 5 heteroatoms. The Balaban J connectivity index is 1.60. The molecule has 0 radical (unpaired) electrons. The third-order valence-corrected chi connectivity index (χ3v) is 6.01. The van der Waals surface area contributed by atoms with Crippen molar-refractivity contribution in [2.45, 2.75) is 24.8 Å². The molecule has 1 aromatic rings. The zero-order valence-corrected chi connectivity index (χ0v) is 16.3. The third-order valence-electron chi connectivity index (χ3n) is 6.01. The number of likely N-dealkylation sites (N-methyl/N-ethyl adjacent to an activating group) is 1. The summed E-state index contributed by atoms with van der Waals surface area (Å²) in [5.41, 5.74) is 1.32. The molecule has 1 spiro atoms. The van der Waals surface area contributed by atoms with Gasteiger partial charge >= 0.3 is 0 Å². The lowest BCUT2D eigenvalue weighted by Gasteiger charge is -2.49. The number of nitrogens with zero attached hydrogens (tertiary/aromatic N) is 3. The van der Waals surface area contributed by atoms with Gasteiger partial charge in [0, 0.05) is 51.7 Å². The van der Waals surface area contributed by atoms with Crippen molar-refractivity contribution in [3.63, 3.8) is 0 Å². The van der Waals surface area contributed by atoms with Gasteiger partial charge in [-0.05, 0) is 37.6 Å². The molecule has 0 aliphatic carbocycles. The highest BCUT2D eigenvalue weighted by Gasteiger charge is 2.41. The summed E-state index contributed by atoms with van der Waals surface area (Å²) in [7, 11) is 5.84. The minimum absolute atomic E-state index is 0.132. The molecule has 1 amide bonds. The van der Waals surface area contributed by atoms with Crippen molar-refractivity contribution in [2.75, 3.05) is 53.9 Å². The van der Waals surface area contributed by atoms with Crippen LogP contribution in [0, 0.1) is 0 Å². The largest absolute Gasteiger partial charge is 0.497 e. The highest BCUT2D eigenvalue weighted by Crippen LogP contribution is 2.31. The molecule has 1 unspecified atom stereocenters. The Morgan fingerprint density at radius 3 is 2.62 bits per heavy atom. The predicted octanol–water partition coefficient (Wildman–Crippen LogP) is 2.34. The van der Waals surface area contributed by atoms with Crippen molar-refractivity contribution in [1.82, 2.24) is 14.7 Å². The minimum Gasteiger partial charge on any atom is -0.497 e. The van der Waals surface area contributed by atoms with E-state index >= 15 is 0 Å². The molecule has 2 aliphatic rings. The number of piperazine rings is 1. The van der Waals surface area contributed by atoms with Gasteiger partial charge in [0.2, 0.25) is 5.91 Å². The summed E-state index contributed by atoms with van der Waals surface area (Å²) in [5, 5.41) is 0. The zero-order valence-electron chi connectivity index (χ0n) is 16.3.